The van der Waals surface area contributed by atoms with Crippen LogP contribution in [0.2, 0.25) is 0 Å². The van der Waals surface area contributed by atoms with E-state index in [4.69, 9.17) is 20.5 Å². The van der Waals surface area contributed by atoms with Gasteiger partial charge in [-0.3, -0.25) is 0 Å². The highest BCUT2D eigenvalue weighted by atomic mass is 16.5. The molecular weight excluding hydrogens is 218 g/mol. The molecule has 3 N–H and O–H groups in total. The van der Waals surface area contributed by atoms with Gasteiger partial charge in [0.05, 0.1) is 17.9 Å². The van der Waals surface area contributed by atoms with Crippen LogP contribution in [0, 0.1) is 11.3 Å². The smallest absolute Gasteiger partial charge is 0.120 e. The quantitative estimate of drug-likeness (QED) is 0.688. The summed E-state index contributed by atoms with van der Waals surface area (Å²) in [6.45, 7) is 2.15. The predicted molar refractivity (Wildman–Crippen MR) is 66.1 cm³/mol. The molecule has 92 valence electrons. The molecule has 0 aromatic heterocycles. The van der Waals surface area contributed by atoms with Gasteiger partial charge in [0.25, 0.3) is 0 Å². The second-order valence-electron chi connectivity index (χ2n) is 3.38. The predicted octanol–water partition coefficient (Wildman–Crippen LogP) is 0.954. The van der Waals surface area contributed by atoms with Crippen LogP contribution in [-0.2, 0) is 4.74 Å². The molecule has 5 heteroatoms. The minimum Gasteiger partial charge on any atom is -0.491 e. The molecule has 0 bridgehead atoms. The minimum absolute atomic E-state index is 0.469. The van der Waals surface area contributed by atoms with Crippen molar-refractivity contribution in [2.45, 2.75) is 0 Å². The minimum atomic E-state index is 0.469. The number of benzene rings is 1. The molecule has 1 aromatic carbocycles. The molecular formula is C12H17N3O2. The molecule has 0 spiro atoms. The molecule has 17 heavy (non-hydrogen) atoms. The fourth-order valence-electron chi connectivity index (χ4n) is 1.31. The summed E-state index contributed by atoms with van der Waals surface area (Å²) in [6.07, 6.45) is 0. The molecule has 0 amide bonds. The lowest BCUT2D eigenvalue weighted by Gasteiger charge is -2.10. The Labute approximate surface area is 101 Å². The third-order valence-corrected chi connectivity index (χ3v) is 2.13. The van der Waals surface area contributed by atoms with E-state index in [0.717, 1.165) is 5.69 Å². The van der Waals surface area contributed by atoms with Crippen molar-refractivity contribution in [1.29, 1.82) is 5.26 Å². The average Bonchev–Trinajstić information content (AvgIpc) is 2.37. The van der Waals surface area contributed by atoms with Crippen LogP contribution in [0.15, 0.2) is 18.2 Å². The van der Waals surface area contributed by atoms with Gasteiger partial charge in [0.15, 0.2) is 0 Å². The van der Waals surface area contributed by atoms with Gasteiger partial charge in [0.2, 0.25) is 0 Å². The van der Waals surface area contributed by atoms with Crippen molar-refractivity contribution in [3.8, 4) is 11.8 Å². The first-order chi connectivity index (χ1) is 8.31. The van der Waals surface area contributed by atoms with Crippen LogP contribution in [0.4, 0.5) is 5.69 Å². The molecule has 1 aromatic rings. The van der Waals surface area contributed by atoms with Gasteiger partial charge in [-0.2, -0.15) is 5.26 Å². The van der Waals surface area contributed by atoms with E-state index in [-0.39, 0.29) is 0 Å². The molecule has 5 nitrogen and oxygen atoms in total. The van der Waals surface area contributed by atoms with Crippen LogP contribution in [0.1, 0.15) is 5.56 Å². The summed E-state index contributed by atoms with van der Waals surface area (Å²) in [6, 6.07) is 7.45. The largest absolute Gasteiger partial charge is 0.491 e. The third kappa shape index (κ3) is 4.31. The van der Waals surface area contributed by atoms with Gasteiger partial charge >= 0.3 is 0 Å². The van der Waals surface area contributed by atoms with Crippen LogP contribution in [-0.4, -0.2) is 33.4 Å². The van der Waals surface area contributed by atoms with Crippen molar-refractivity contribution in [1.82, 2.24) is 0 Å². The standard InChI is InChI=1S/C12H17N3O2/c1-16-6-7-17-11-2-3-12(15-5-4-13)10(8-11)9-14/h2-3,8,15H,4-7,13H2,1H3. The number of methoxy groups -OCH3 is 1. The fourth-order valence-corrected chi connectivity index (χ4v) is 1.31. The lowest BCUT2D eigenvalue weighted by atomic mass is 10.2. The molecule has 0 heterocycles. The van der Waals surface area contributed by atoms with E-state index in [1.54, 1.807) is 13.2 Å². The Morgan fingerprint density at radius 2 is 2.24 bits per heavy atom. The summed E-state index contributed by atoms with van der Waals surface area (Å²) in [7, 11) is 1.61. The van der Waals surface area contributed by atoms with Crippen LogP contribution in [0.25, 0.3) is 0 Å². The Bertz CT molecular complexity index is 388. The van der Waals surface area contributed by atoms with Crippen molar-refractivity contribution in [3.63, 3.8) is 0 Å². The second-order valence-corrected chi connectivity index (χ2v) is 3.38. The number of nitrogens with zero attached hydrogens (tertiary/aromatic N) is 1. The molecule has 0 aliphatic carbocycles. The summed E-state index contributed by atoms with van der Waals surface area (Å²) in [5.41, 5.74) is 6.72. The van der Waals surface area contributed by atoms with Crippen LogP contribution >= 0.6 is 0 Å². The molecule has 1 rings (SSSR count). The molecule has 0 aliphatic rings. The number of ether oxygens (including phenoxy) is 2. The number of hydrogen-bond donors (Lipinski definition) is 2. The zero-order valence-electron chi connectivity index (χ0n) is 9.90. The van der Waals surface area contributed by atoms with E-state index in [9.17, 15) is 0 Å². The van der Waals surface area contributed by atoms with E-state index in [1.807, 2.05) is 12.1 Å². The number of nitriles is 1. The SMILES string of the molecule is COCCOc1ccc(NCCN)c(C#N)c1. The number of nitrogens with one attached hydrogen (secondary N) is 1. The first kappa shape index (κ1) is 13.3. The Hall–Kier alpha value is -1.77. The highest BCUT2D eigenvalue weighted by molar-refractivity contribution is 5.59. The monoisotopic (exact) mass is 235 g/mol. The zero-order chi connectivity index (χ0) is 12.5. The van der Waals surface area contributed by atoms with Crippen LogP contribution in [0.3, 0.4) is 0 Å². The topological polar surface area (TPSA) is 80.3 Å². The normalized spacial score (nSPS) is 9.71. The zero-order valence-corrected chi connectivity index (χ0v) is 9.90. The molecule has 0 radical (unpaired) electrons. The highest BCUT2D eigenvalue weighted by Gasteiger charge is 2.03. The summed E-state index contributed by atoms with van der Waals surface area (Å²) >= 11 is 0. The van der Waals surface area contributed by atoms with E-state index >= 15 is 0 Å². The maximum atomic E-state index is 9.01. The maximum Gasteiger partial charge on any atom is 0.120 e. The van der Waals surface area contributed by atoms with Crippen LogP contribution < -0.4 is 15.8 Å². The molecule has 0 saturated heterocycles. The number of nitrogens with two attached hydrogens (primary N) is 1. The molecule has 0 unspecified atom stereocenters. The number of rotatable bonds is 7. The van der Waals surface area contributed by atoms with E-state index in [1.165, 1.54) is 0 Å². The summed E-state index contributed by atoms with van der Waals surface area (Å²) in [5, 5.41) is 12.1. The van der Waals surface area contributed by atoms with Gasteiger partial charge in [-0.1, -0.05) is 0 Å². The Morgan fingerprint density at radius 1 is 1.41 bits per heavy atom. The van der Waals surface area contributed by atoms with Gasteiger partial charge < -0.3 is 20.5 Å². The van der Waals surface area contributed by atoms with Gasteiger partial charge in [-0.25, -0.2) is 0 Å². The summed E-state index contributed by atoms with van der Waals surface area (Å²) < 4.78 is 10.3. The molecule has 0 atom stereocenters. The Balaban J connectivity index is 2.68. The summed E-state index contributed by atoms with van der Waals surface area (Å²) in [5.74, 6) is 0.664. The fraction of sp³-hybridized carbons (Fsp3) is 0.417. The lowest BCUT2D eigenvalue weighted by Crippen LogP contribution is -2.13. The van der Waals surface area contributed by atoms with Gasteiger partial charge in [0, 0.05) is 20.2 Å². The first-order valence-corrected chi connectivity index (χ1v) is 5.41. The van der Waals surface area contributed by atoms with Crippen molar-refractivity contribution in [2.75, 3.05) is 38.7 Å². The Morgan fingerprint density at radius 3 is 2.88 bits per heavy atom. The van der Waals surface area contributed by atoms with Gasteiger partial charge in [-0.15, -0.1) is 0 Å². The number of anilines is 1. The van der Waals surface area contributed by atoms with E-state index in [2.05, 4.69) is 11.4 Å². The summed E-state index contributed by atoms with van der Waals surface area (Å²) in [4.78, 5) is 0. The first-order valence-electron chi connectivity index (χ1n) is 5.41. The third-order valence-electron chi connectivity index (χ3n) is 2.13. The molecule has 0 saturated carbocycles. The van der Waals surface area contributed by atoms with Crippen molar-refractivity contribution >= 4 is 5.69 Å². The number of hydrogen-bond acceptors (Lipinski definition) is 5. The highest BCUT2D eigenvalue weighted by Crippen LogP contribution is 2.21. The van der Waals surface area contributed by atoms with E-state index in [0.29, 0.717) is 37.6 Å². The molecule has 0 fully saturated rings. The van der Waals surface area contributed by atoms with E-state index < -0.39 is 0 Å². The van der Waals surface area contributed by atoms with Crippen LogP contribution in [0.5, 0.6) is 5.75 Å². The molecule has 0 aliphatic heterocycles. The second kappa shape index (κ2) is 7.49. The van der Waals surface area contributed by atoms with Gasteiger partial charge in [-0.05, 0) is 18.2 Å². The average molecular weight is 235 g/mol. The maximum absolute atomic E-state index is 9.01. The lowest BCUT2D eigenvalue weighted by molar-refractivity contribution is 0.146. The van der Waals surface area contributed by atoms with Crippen molar-refractivity contribution < 1.29 is 9.47 Å². The van der Waals surface area contributed by atoms with Crippen molar-refractivity contribution in [2.24, 2.45) is 5.73 Å². The van der Waals surface area contributed by atoms with Crippen molar-refractivity contribution in [3.05, 3.63) is 23.8 Å². The Kier molecular flexibility index (Phi) is 5.86. The van der Waals surface area contributed by atoms with Gasteiger partial charge in [0.1, 0.15) is 18.4 Å².